The number of hydrogen-bond acceptors (Lipinski definition) is 7. The van der Waals surface area contributed by atoms with Crippen molar-refractivity contribution in [2.75, 3.05) is 11.5 Å². The number of anilines is 2. The van der Waals surface area contributed by atoms with Crippen LogP contribution in [0.4, 0.5) is 11.6 Å². The molecule has 2 aromatic heterocycles. The monoisotopic (exact) mass is 314 g/mol. The molecule has 112 valence electrons. The fourth-order valence-corrected chi connectivity index (χ4v) is 2.90. The van der Waals surface area contributed by atoms with Crippen LogP contribution in [0.1, 0.15) is 5.82 Å². The van der Waals surface area contributed by atoms with Crippen LogP contribution in [0.3, 0.4) is 0 Å². The minimum atomic E-state index is -0.0748. The molecule has 4 N–H and O–H groups in total. The van der Waals surface area contributed by atoms with E-state index < -0.39 is 0 Å². The molecule has 0 radical (unpaired) electrons. The molecule has 0 unspecified atom stereocenters. The minimum Gasteiger partial charge on any atom is -0.383 e. The largest absolute Gasteiger partial charge is 0.383 e. The van der Waals surface area contributed by atoms with Crippen LogP contribution in [0, 0.1) is 0 Å². The Morgan fingerprint density at radius 1 is 1.14 bits per heavy atom. The lowest BCUT2D eigenvalue weighted by atomic mass is 10.2. The summed E-state index contributed by atoms with van der Waals surface area (Å²) < 4.78 is 1.53. The summed E-state index contributed by atoms with van der Waals surface area (Å²) in [6.07, 6.45) is 0. The van der Waals surface area contributed by atoms with E-state index in [1.165, 1.54) is 22.4 Å². The topological polar surface area (TPSA) is 113 Å². The van der Waals surface area contributed by atoms with E-state index in [0.29, 0.717) is 39.3 Å². The molecule has 0 fully saturated rings. The molecule has 0 atom stereocenters. The predicted octanol–water partition coefficient (Wildman–Crippen LogP) is 1.18. The molecule has 0 aliphatic heterocycles. The van der Waals surface area contributed by atoms with E-state index in [2.05, 4.69) is 15.0 Å². The number of fused-ring (bicyclic) bond motifs is 1. The van der Waals surface area contributed by atoms with Crippen molar-refractivity contribution in [2.45, 2.75) is 10.9 Å². The average molecular weight is 314 g/mol. The summed E-state index contributed by atoms with van der Waals surface area (Å²) in [7, 11) is 1.70. The van der Waals surface area contributed by atoms with Crippen molar-refractivity contribution in [1.29, 1.82) is 0 Å². The SMILES string of the molecule is Cn1c(CSc2nc(N)cc(N)n2)nc2ccccc2c1=O. The fourth-order valence-electron chi connectivity index (χ4n) is 2.05. The highest BCUT2D eigenvalue weighted by Crippen LogP contribution is 2.20. The maximum Gasteiger partial charge on any atom is 0.261 e. The number of nitrogens with two attached hydrogens (primary N) is 2. The quantitative estimate of drug-likeness (QED) is 0.551. The Kier molecular flexibility index (Phi) is 3.68. The Morgan fingerprint density at radius 2 is 1.82 bits per heavy atom. The summed E-state index contributed by atoms with van der Waals surface area (Å²) in [6, 6.07) is 8.76. The highest BCUT2D eigenvalue weighted by molar-refractivity contribution is 7.98. The van der Waals surface area contributed by atoms with Crippen LogP contribution < -0.4 is 17.0 Å². The molecule has 3 rings (SSSR count). The van der Waals surface area contributed by atoms with Crippen molar-refractivity contribution in [2.24, 2.45) is 7.05 Å². The smallest absolute Gasteiger partial charge is 0.261 e. The first kappa shape index (κ1) is 14.3. The molecule has 2 heterocycles. The first-order valence-corrected chi connectivity index (χ1v) is 7.50. The van der Waals surface area contributed by atoms with E-state index in [9.17, 15) is 4.79 Å². The molecule has 0 amide bonds. The van der Waals surface area contributed by atoms with Gasteiger partial charge < -0.3 is 11.5 Å². The van der Waals surface area contributed by atoms with Gasteiger partial charge in [0.15, 0.2) is 5.16 Å². The second kappa shape index (κ2) is 5.64. The third kappa shape index (κ3) is 2.73. The van der Waals surface area contributed by atoms with Crippen molar-refractivity contribution in [3.63, 3.8) is 0 Å². The van der Waals surface area contributed by atoms with Crippen LogP contribution in [-0.2, 0) is 12.8 Å². The summed E-state index contributed by atoms with van der Waals surface area (Å²) in [5.41, 5.74) is 11.9. The fraction of sp³-hybridized carbons (Fsp3) is 0.143. The van der Waals surface area contributed by atoms with Crippen LogP contribution in [0.5, 0.6) is 0 Å². The van der Waals surface area contributed by atoms with Gasteiger partial charge in [0.05, 0.1) is 16.7 Å². The van der Waals surface area contributed by atoms with Crippen LogP contribution in [0.15, 0.2) is 40.3 Å². The second-order valence-electron chi connectivity index (χ2n) is 4.70. The molecule has 0 aliphatic rings. The molecular weight excluding hydrogens is 300 g/mol. The molecule has 0 aliphatic carbocycles. The molecule has 8 heteroatoms. The minimum absolute atomic E-state index is 0.0748. The number of para-hydroxylation sites is 1. The van der Waals surface area contributed by atoms with Gasteiger partial charge in [-0.2, -0.15) is 0 Å². The van der Waals surface area contributed by atoms with Gasteiger partial charge in [-0.3, -0.25) is 9.36 Å². The number of aromatic nitrogens is 4. The third-order valence-electron chi connectivity index (χ3n) is 3.15. The molecule has 3 aromatic rings. The molecular formula is C14H14N6OS. The van der Waals surface area contributed by atoms with Gasteiger partial charge in [0.1, 0.15) is 17.5 Å². The van der Waals surface area contributed by atoms with Crippen molar-refractivity contribution < 1.29 is 0 Å². The van der Waals surface area contributed by atoms with Crippen molar-refractivity contribution in [3.05, 3.63) is 46.5 Å². The molecule has 0 saturated carbocycles. The number of hydrogen-bond donors (Lipinski definition) is 2. The number of benzene rings is 1. The lowest BCUT2D eigenvalue weighted by molar-refractivity contribution is 0.784. The second-order valence-corrected chi connectivity index (χ2v) is 5.64. The lowest BCUT2D eigenvalue weighted by Crippen LogP contribution is -2.21. The number of nitrogens with zero attached hydrogens (tertiary/aromatic N) is 4. The van der Waals surface area contributed by atoms with E-state index in [1.807, 2.05) is 18.2 Å². The van der Waals surface area contributed by atoms with Crippen molar-refractivity contribution in [3.8, 4) is 0 Å². The molecule has 1 aromatic carbocycles. The Morgan fingerprint density at radius 3 is 2.55 bits per heavy atom. The van der Waals surface area contributed by atoms with Crippen LogP contribution >= 0.6 is 11.8 Å². The highest BCUT2D eigenvalue weighted by atomic mass is 32.2. The van der Waals surface area contributed by atoms with Gasteiger partial charge in [-0.25, -0.2) is 15.0 Å². The van der Waals surface area contributed by atoms with Gasteiger partial charge in [-0.1, -0.05) is 23.9 Å². The number of rotatable bonds is 3. The van der Waals surface area contributed by atoms with Gasteiger partial charge in [0.25, 0.3) is 5.56 Å². The zero-order valence-electron chi connectivity index (χ0n) is 11.9. The average Bonchev–Trinajstić information content (AvgIpc) is 2.48. The predicted molar refractivity (Wildman–Crippen MR) is 87.4 cm³/mol. The summed E-state index contributed by atoms with van der Waals surface area (Å²) in [4.78, 5) is 25.0. The van der Waals surface area contributed by atoms with E-state index in [0.717, 1.165) is 0 Å². The van der Waals surface area contributed by atoms with Crippen LogP contribution in [0.2, 0.25) is 0 Å². The van der Waals surface area contributed by atoms with E-state index in [-0.39, 0.29) is 5.56 Å². The van der Waals surface area contributed by atoms with E-state index in [1.54, 1.807) is 13.1 Å². The van der Waals surface area contributed by atoms with Gasteiger partial charge in [0, 0.05) is 13.1 Å². The molecule has 0 bridgehead atoms. The summed E-state index contributed by atoms with van der Waals surface area (Å²) in [5.74, 6) is 1.71. The maximum atomic E-state index is 12.3. The zero-order chi connectivity index (χ0) is 15.7. The Balaban J connectivity index is 1.94. The van der Waals surface area contributed by atoms with Crippen LogP contribution in [-0.4, -0.2) is 19.5 Å². The van der Waals surface area contributed by atoms with Gasteiger partial charge >= 0.3 is 0 Å². The highest BCUT2D eigenvalue weighted by Gasteiger charge is 2.09. The zero-order valence-corrected chi connectivity index (χ0v) is 12.7. The Labute approximate surface area is 130 Å². The third-order valence-corrected chi connectivity index (χ3v) is 3.99. The number of thioether (sulfide) groups is 1. The first-order valence-electron chi connectivity index (χ1n) is 6.52. The molecule has 0 saturated heterocycles. The van der Waals surface area contributed by atoms with Gasteiger partial charge in [0.2, 0.25) is 0 Å². The summed E-state index contributed by atoms with van der Waals surface area (Å²) >= 11 is 1.33. The summed E-state index contributed by atoms with van der Waals surface area (Å²) in [5, 5.41) is 1.06. The Bertz CT molecular complexity index is 887. The van der Waals surface area contributed by atoms with Gasteiger partial charge in [-0.15, -0.1) is 0 Å². The van der Waals surface area contributed by atoms with Crippen LogP contribution in [0.25, 0.3) is 10.9 Å². The Hall–Kier alpha value is -2.61. The normalized spacial score (nSPS) is 11.0. The lowest BCUT2D eigenvalue weighted by Gasteiger charge is -2.08. The van der Waals surface area contributed by atoms with Crippen molar-refractivity contribution in [1.82, 2.24) is 19.5 Å². The standard InChI is InChI=1S/C14H14N6OS/c1-20-12(7-22-14-18-10(15)6-11(16)19-14)17-9-5-3-2-4-8(9)13(20)21/h2-6H,7H2,1H3,(H4,15,16,18,19). The summed E-state index contributed by atoms with van der Waals surface area (Å²) in [6.45, 7) is 0. The van der Waals surface area contributed by atoms with E-state index >= 15 is 0 Å². The first-order chi connectivity index (χ1) is 10.5. The maximum absolute atomic E-state index is 12.3. The number of nitrogen functional groups attached to an aromatic ring is 2. The van der Waals surface area contributed by atoms with E-state index in [4.69, 9.17) is 11.5 Å². The molecule has 0 spiro atoms. The molecule has 7 nitrogen and oxygen atoms in total. The van der Waals surface area contributed by atoms with Crippen molar-refractivity contribution >= 4 is 34.3 Å². The molecule has 22 heavy (non-hydrogen) atoms. The van der Waals surface area contributed by atoms with Gasteiger partial charge in [-0.05, 0) is 12.1 Å².